The summed E-state index contributed by atoms with van der Waals surface area (Å²) in [5.41, 5.74) is 2.68. The van der Waals surface area contributed by atoms with Crippen LogP contribution in [0.2, 0.25) is 0 Å². The fraction of sp³-hybridized carbons (Fsp3) is 0.130. The highest BCUT2D eigenvalue weighted by Gasteiger charge is 2.35. The number of hydrogen-bond donors (Lipinski definition) is 0. The number of rotatable bonds is 5. The average molecular weight is 480 g/mol. The van der Waals surface area contributed by atoms with Gasteiger partial charge in [-0.15, -0.1) is 0 Å². The van der Waals surface area contributed by atoms with E-state index in [-0.39, 0.29) is 11.6 Å². The molecule has 0 aromatic heterocycles. The molecule has 4 rings (SSSR count). The van der Waals surface area contributed by atoms with E-state index >= 15 is 0 Å². The number of methoxy groups -OCH3 is 1. The highest BCUT2D eigenvalue weighted by atomic mass is 79.9. The van der Waals surface area contributed by atoms with Crippen molar-refractivity contribution in [1.29, 1.82) is 0 Å². The molecule has 0 saturated heterocycles. The number of nitro groups is 1. The Labute approximate surface area is 187 Å². The second-order valence-electron chi connectivity index (χ2n) is 6.98. The number of hydrogen-bond acceptors (Lipinski definition) is 5. The Balaban J connectivity index is 1.76. The molecule has 1 unspecified atom stereocenters. The van der Waals surface area contributed by atoms with Crippen LogP contribution in [0.4, 0.5) is 5.69 Å². The minimum Gasteiger partial charge on any atom is -0.497 e. The van der Waals surface area contributed by atoms with Crippen LogP contribution in [0, 0.1) is 10.1 Å². The van der Waals surface area contributed by atoms with Gasteiger partial charge in [0.1, 0.15) is 5.75 Å². The van der Waals surface area contributed by atoms with Gasteiger partial charge < -0.3 is 4.74 Å². The smallest absolute Gasteiger partial charge is 0.275 e. The Kier molecular flexibility index (Phi) is 5.81. The predicted molar refractivity (Wildman–Crippen MR) is 120 cm³/mol. The minimum atomic E-state index is -0.461. The van der Waals surface area contributed by atoms with Crippen molar-refractivity contribution in [2.24, 2.45) is 5.10 Å². The molecule has 0 spiro atoms. The van der Waals surface area contributed by atoms with Gasteiger partial charge in [-0.1, -0.05) is 24.3 Å². The first kappa shape index (κ1) is 20.7. The van der Waals surface area contributed by atoms with Crippen LogP contribution in [0.5, 0.6) is 5.75 Å². The zero-order valence-corrected chi connectivity index (χ0v) is 18.2. The van der Waals surface area contributed by atoms with E-state index in [2.05, 4.69) is 21.0 Å². The van der Waals surface area contributed by atoms with Crippen molar-refractivity contribution in [3.63, 3.8) is 0 Å². The SMILES string of the molecule is COc1ccc(C2=NN(C(=O)c3ccccc3Br)C(c3cccc([N+](=O)[O-])c3)C2)cc1. The fourth-order valence-corrected chi connectivity index (χ4v) is 3.97. The van der Waals surface area contributed by atoms with E-state index in [9.17, 15) is 14.9 Å². The Morgan fingerprint density at radius 2 is 1.87 bits per heavy atom. The molecular formula is C23H18BrN3O4. The lowest BCUT2D eigenvalue weighted by Crippen LogP contribution is -2.27. The van der Waals surface area contributed by atoms with Crippen LogP contribution in [0.3, 0.4) is 0 Å². The minimum absolute atomic E-state index is 0.0244. The Hall–Kier alpha value is -3.52. The van der Waals surface area contributed by atoms with Crippen molar-refractivity contribution in [3.8, 4) is 5.75 Å². The zero-order valence-electron chi connectivity index (χ0n) is 16.6. The van der Waals surface area contributed by atoms with Crippen molar-refractivity contribution in [2.75, 3.05) is 7.11 Å². The van der Waals surface area contributed by atoms with Crippen LogP contribution >= 0.6 is 15.9 Å². The number of nitro benzene ring substituents is 1. The number of halogens is 1. The van der Waals surface area contributed by atoms with Gasteiger partial charge in [0.15, 0.2) is 0 Å². The third-order valence-electron chi connectivity index (χ3n) is 5.11. The molecule has 0 bridgehead atoms. The van der Waals surface area contributed by atoms with Crippen LogP contribution in [-0.4, -0.2) is 28.7 Å². The summed E-state index contributed by atoms with van der Waals surface area (Å²) in [6, 6.07) is 20.4. The van der Waals surface area contributed by atoms with Gasteiger partial charge in [-0.05, 0) is 63.5 Å². The Bertz CT molecular complexity index is 1180. The summed E-state index contributed by atoms with van der Waals surface area (Å²) in [6.07, 6.45) is 0.434. The molecule has 1 aliphatic heterocycles. The van der Waals surface area contributed by atoms with E-state index in [1.807, 2.05) is 30.3 Å². The van der Waals surface area contributed by atoms with Gasteiger partial charge in [0.2, 0.25) is 0 Å². The normalized spacial score (nSPS) is 15.5. The van der Waals surface area contributed by atoms with E-state index in [0.29, 0.717) is 22.0 Å². The number of benzene rings is 3. The largest absolute Gasteiger partial charge is 0.497 e. The first-order valence-corrected chi connectivity index (χ1v) is 10.3. The molecule has 0 fully saturated rings. The van der Waals surface area contributed by atoms with Crippen molar-refractivity contribution in [2.45, 2.75) is 12.5 Å². The molecule has 8 heteroatoms. The van der Waals surface area contributed by atoms with E-state index in [1.165, 1.54) is 17.1 Å². The monoisotopic (exact) mass is 479 g/mol. The molecule has 0 saturated carbocycles. The molecule has 0 N–H and O–H groups in total. The third-order valence-corrected chi connectivity index (χ3v) is 5.80. The van der Waals surface area contributed by atoms with E-state index < -0.39 is 11.0 Å². The highest BCUT2D eigenvalue weighted by Crippen LogP contribution is 2.36. The van der Waals surface area contributed by atoms with Crippen LogP contribution in [-0.2, 0) is 0 Å². The molecule has 0 aliphatic carbocycles. The van der Waals surface area contributed by atoms with Crippen molar-refractivity contribution in [3.05, 3.63) is 104 Å². The summed E-state index contributed by atoms with van der Waals surface area (Å²) in [4.78, 5) is 24.2. The number of amides is 1. The van der Waals surface area contributed by atoms with Gasteiger partial charge in [0, 0.05) is 23.0 Å². The van der Waals surface area contributed by atoms with Crippen LogP contribution in [0.25, 0.3) is 0 Å². The number of non-ortho nitro benzene ring substituents is 1. The topological polar surface area (TPSA) is 85.0 Å². The summed E-state index contributed by atoms with van der Waals surface area (Å²) >= 11 is 3.43. The summed E-state index contributed by atoms with van der Waals surface area (Å²) in [6.45, 7) is 0. The molecule has 1 atom stereocenters. The molecule has 156 valence electrons. The number of carbonyl (C=O) groups is 1. The van der Waals surface area contributed by atoms with Crippen LogP contribution in [0.1, 0.15) is 33.9 Å². The summed E-state index contributed by atoms with van der Waals surface area (Å²) in [5, 5.41) is 17.3. The van der Waals surface area contributed by atoms with Gasteiger partial charge >= 0.3 is 0 Å². The standard InChI is InChI=1S/C23H18BrN3O4/c1-31-18-11-9-15(10-12-18)21-14-22(16-5-4-6-17(13-16)27(29)30)26(25-21)23(28)19-7-2-3-8-20(19)24/h2-13,22H,14H2,1H3. The lowest BCUT2D eigenvalue weighted by molar-refractivity contribution is -0.384. The quantitative estimate of drug-likeness (QED) is 0.364. The number of nitrogens with zero attached hydrogens (tertiary/aromatic N) is 3. The van der Waals surface area contributed by atoms with Gasteiger partial charge in [-0.25, -0.2) is 5.01 Å². The van der Waals surface area contributed by atoms with Crippen molar-refractivity contribution in [1.82, 2.24) is 5.01 Å². The summed E-state index contributed by atoms with van der Waals surface area (Å²) < 4.78 is 5.87. The molecule has 31 heavy (non-hydrogen) atoms. The number of carbonyl (C=O) groups excluding carboxylic acids is 1. The van der Waals surface area contributed by atoms with E-state index in [4.69, 9.17) is 4.74 Å². The van der Waals surface area contributed by atoms with Gasteiger partial charge in [-0.3, -0.25) is 14.9 Å². The van der Waals surface area contributed by atoms with E-state index in [1.54, 1.807) is 37.4 Å². The third kappa shape index (κ3) is 4.20. The molecule has 3 aromatic rings. The first-order valence-electron chi connectivity index (χ1n) is 9.52. The summed E-state index contributed by atoms with van der Waals surface area (Å²) in [5.74, 6) is 0.436. The van der Waals surface area contributed by atoms with Crippen LogP contribution in [0.15, 0.2) is 82.4 Å². The Morgan fingerprint density at radius 1 is 1.13 bits per heavy atom. The number of ether oxygens (including phenoxy) is 1. The second-order valence-corrected chi connectivity index (χ2v) is 7.83. The highest BCUT2D eigenvalue weighted by molar-refractivity contribution is 9.10. The molecule has 3 aromatic carbocycles. The maximum atomic E-state index is 13.4. The molecule has 7 nitrogen and oxygen atoms in total. The van der Waals surface area contributed by atoms with E-state index in [0.717, 1.165) is 17.0 Å². The van der Waals surface area contributed by atoms with Crippen molar-refractivity contribution < 1.29 is 14.5 Å². The van der Waals surface area contributed by atoms with Gasteiger partial charge in [0.05, 0.1) is 29.4 Å². The summed E-state index contributed by atoms with van der Waals surface area (Å²) in [7, 11) is 1.60. The number of hydrazone groups is 1. The molecule has 1 amide bonds. The lowest BCUT2D eigenvalue weighted by Gasteiger charge is -2.22. The molecular weight excluding hydrogens is 462 g/mol. The maximum absolute atomic E-state index is 13.4. The first-order chi connectivity index (χ1) is 15.0. The Morgan fingerprint density at radius 3 is 2.55 bits per heavy atom. The maximum Gasteiger partial charge on any atom is 0.275 e. The molecule has 0 radical (unpaired) electrons. The van der Waals surface area contributed by atoms with Gasteiger partial charge in [-0.2, -0.15) is 5.10 Å². The second kappa shape index (κ2) is 8.69. The fourth-order valence-electron chi connectivity index (χ4n) is 3.52. The average Bonchev–Trinajstić information content (AvgIpc) is 3.24. The lowest BCUT2D eigenvalue weighted by atomic mass is 9.97. The molecule has 1 heterocycles. The zero-order chi connectivity index (χ0) is 22.0. The molecule has 1 aliphatic rings. The van der Waals surface area contributed by atoms with Crippen LogP contribution < -0.4 is 4.74 Å². The van der Waals surface area contributed by atoms with Crippen molar-refractivity contribution >= 4 is 33.2 Å². The van der Waals surface area contributed by atoms with Gasteiger partial charge in [0.25, 0.3) is 11.6 Å². The predicted octanol–water partition coefficient (Wildman–Crippen LogP) is 5.36.